The van der Waals surface area contributed by atoms with E-state index in [4.69, 9.17) is 15.3 Å². The molecule has 5 nitrogen and oxygen atoms in total. The van der Waals surface area contributed by atoms with Crippen LogP contribution in [-0.2, 0) is 4.74 Å². The molecule has 1 aromatic rings. The Morgan fingerprint density at radius 2 is 2.12 bits per heavy atom. The number of nitrogens with zero attached hydrogens (tertiary/aromatic N) is 1. The summed E-state index contributed by atoms with van der Waals surface area (Å²) in [6.45, 7) is 6.49. The molecule has 1 rings (SSSR count). The average Bonchev–Trinajstić information content (AvgIpc) is 2.29. The maximum absolute atomic E-state index is 5.70. The lowest BCUT2D eigenvalue weighted by Crippen LogP contribution is -2.34. The van der Waals surface area contributed by atoms with Crippen molar-refractivity contribution in [3.8, 4) is 5.75 Å². The van der Waals surface area contributed by atoms with Gasteiger partial charge in [0.2, 0.25) is 0 Å². The minimum absolute atomic E-state index is 0.100. The highest BCUT2D eigenvalue weighted by Crippen LogP contribution is 2.19. The Kier molecular flexibility index (Phi) is 4.86. The molecule has 0 aliphatic carbocycles. The van der Waals surface area contributed by atoms with Crippen molar-refractivity contribution in [1.82, 2.24) is 10.4 Å². The summed E-state index contributed by atoms with van der Waals surface area (Å²) in [4.78, 5) is 4.09. The van der Waals surface area contributed by atoms with E-state index in [1.165, 1.54) is 0 Å². The Morgan fingerprint density at radius 1 is 1.41 bits per heavy atom. The molecule has 0 radical (unpaired) electrons. The lowest BCUT2D eigenvalue weighted by atomic mass is 10.1. The summed E-state index contributed by atoms with van der Waals surface area (Å²) in [5.74, 6) is 6.23. The molecule has 0 saturated heterocycles. The van der Waals surface area contributed by atoms with Crippen LogP contribution in [0.2, 0.25) is 0 Å². The van der Waals surface area contributed by atoms with Gasteiger partial charge in [0, 0.05) is 6.20 Å². The lowest BCUT2D eigenvalue weighted by molar-refractivity contribution is -0.0148. The van der Waals surface area contributed by atoms with Crippen molar-refractivity contribution in [2.75, 3.05) is 13.7 Å². The number of nitrogens with one attached hydrogen (secondary N) is 1. The van der Waals surface area contributed by atoms with E-state index in [9.17, 15) is 0 Å². The summed E-state index contributed by atoms with van der Waals surface area (Å²) in [6, 6.07) is 1.79. The molecule has 0 aliphatic rings. The van der Waals surface area contributed by atoms with E-state index in [0.717, 1.165) is 5.56 Å². The van der Waals surface area contributed by atoms with Gasteiger partial charge in [0.25, 0.3) is 0 Å². The zero-order valence-electron chi connectivity index (χ0n) is 10.9. The topological polar surface area (TPSA) is 69.4 Å². The first-order valence-corrected chi connectivity index (χ1v) is 5.55. The third-order valence-electron chi connectivity index (χ3n) is 2.26. The van der Waals surface area contributed by atoms with Gasteiger partial charge >= 0.3 is 0 Å². The Morgan fingerprint density at radius 3 is 2.65 bits per heavy atom. The van der Waals surface area contributed by atoms with Gasteiger partial charge in [-0.2, -0.15) is 0 Å². The molecule has 0 bridgehead atoms. The van der Waals surface area contributed by atoms with Gasteiger partial charge in [-0.1, -0.05) is 0 Å². The first kappa shape index (κ1) is 13.9. The van der Waals surface area contributed by atoms with Gasteiger partial charge in [-0.15, -0.1) is 0 Å². The van der Waals surface area contributed by atoms with Crippen molar-refractivity contribution in [2.24, 2.45) is 5.84 Å². The van der Waals surface area contributed by atoms with E-state index < -0.39 is 0 Å². The van der Waals surface area contributed by atoms with Crippen LogP contribution >= 0.6 is 0 Å². The van der Waals surface area contributed by atoms with E-state index in [0.29, 0.717) is 12.4 Å². The van der Waals surface area contributed by atoms with Gasteiger partial charge < -0.3 is 9.47 Å². The third-order valence-corrected chi connectivity index (χ3v) is 2.26. The van der Waals surface area contributed by atoms with Gasteiger partial charge in [0.15, 0.2) is 0 Å². The molecular weight excluding hydrogens is 218 g/mol. The number of aromatic nitrogens is 1. The van der Waals surface area contributed by atoms with Crippen LogP contribution in [0.15, 0.2) is 18.5 Å². The first-order chi connectivity index (χ1) is 7.96. The second-order valence-corrected chi connectivity index (χ2v) is 4.80. The molecule has 96 valence electrons. The lowest BCUT2D eigenvalue weighted by Gasteiger charge is -2.24. The van der Waals surface area contributed by atoms with Crippen LogP contribution in [-0.4, -0.2) is 24.3 Å². The molecule has 1 heterocycles. The van der Waals surface area contributed by atoms with E-state index >= 15 is 0 Å². The van der Waals surface area contributed by atoms with Gasteiger partial charge in [0.1, 0.15) is 5.75 Å². The van der Waals surface area contributed by atoms with Crippen LogP contribution in [0.4, 0.5) is 0 Å². The summed E-state index contributed by atoms with van der Waals surface area (Å²) in [5, 5.41) is 0. The minimum atomic E-state index is -0.193. The van der Waals surface area contributed by atoms with Crippen LogP contribution in [0.5, 0.6) is 5.75 Å². The predicted molar refractivity (Wildman–Crippen MR) is 66.6 cm³/mol. The molecule has 0 fully saturated rings. The van der Waals surface area contributed by atoms with Crippen molar-refractivity contribution >= 4 is 0 Å². The van der Waals surface area contributed by atoms with Crippen LogP contribution < -0.4 is 16.0 Å². The number of nitrogens with two attached hydrogens (primary N) is 1. The van der Waals surface area contributed by atoms with Crippen molar-refractivity contribution in [3.05, 3.63) is 24.0 Å². The van der Waals surface area contributed by atoms with Crippen molar-refractivity contribution < 1.29 is 9.47 Å². The molecule has 0 amide bonds. The summed E-state index contributed by atoms with van der Waals surface area (Å²) < 4.78 is 10.8. The number of rotatable bonds is 5. The molecule has 1 unspecified atom stereocenters. The summed E-state index contributed by atoms with van der Waals surface area (Å²) >= 11 is 0. The Balaban J connectivity index is 2.72. The highest BCUT2D eigenvalue weighted by Gasteiger charge is 2.16. The fourth-order valence-corrected chi connectivity index (χ4v) is 1.31. The Labute approximate surface area is 102 Å². The number of pyridine rings is 1. The number of methoxy groups -OCH3 is 1. The minimum Gasteiger partial charge on any atom is -0.495 e. The second kappa shape index (κ2) is 5.95. The molecule has 17 heavy (non-hydrogen) atoms. The van der Waals surface area contributed by atoms with Crippen molar-refractivity contribution in [2.45, 2.75) is 32.4 Å². The number of ether oxygens (including phenoxy) is 2. The quantitative estimate of drug-likeness (QED) is 0.600. The fourth-order valence-electron chi connectivity index (χ4n) is 1.31. The third kappa shape index (κ3) is 4.68. The molecule has 1 aromatic heterocycles. The molecule has 3 N–H and O–H groups in total. The standard InChI is InChI=1S/C12H21N3O2/c1-12(2,3)17-8-11(15-13)9-5-10(16-4)7-14-6-9/h5-7,11,15H,8,13H2,1-4H3. The summed E-state index contributed by atoms with van der Waals surface area (Å²) in [5.41, 5.74) is 3.47. The van der Waals surface area contributed by atoms with Crippen LogP contribution in [0.3, 0.4) is 0 Å². The van der Waals surface area contributed by atoms with E-state index in [2.05, 4.69) is 10.4 Å². The van der Waals surface area contributed by atoms with E-state index in [-0.39, 0.29) is 11.6 Å². The average molecular weight is 239 g/mol. The highest BCUT2D eigenvalue weighted by molar-refractivity contribution is 5.25. The normalized spacial score (nSPS) is 13.5. The Bertz CT molecular complexity index is 350. The van der Waals surface area contributed by atoms with Gasteiger partial charge in [-0.05, 0) is 32.4 Å². The molecule has 0 aliphatic heterocycles. The van der Waals surface area contributed by atoms with Gasteiger partial charge in [-0.25, -0.2) is 0 Å². The molecule has 0 spiro atoms. The zero-order chi connectivity index (χ0) is 12.9. The van der Waals surface area contributed by atoms with Crippen molar-refractivity contribution in [1.29, 1.82) is 0 Å². The molecule has 0 aromatic carbocycles. The van der Waals surface area contributed by atoms with Gasteiger partial charge in [0.05, 0.1) is 31.6 Å². The zero-order valence-corrected chi connectivity index (χ0v) is 10.9. The van der Waals surface area contributed by atoms with Crippen LogP contribution in [0, 0.1) is 0 Å². The summed E-state index contributed by atoms with van der Waals surface area (Å²) in [6.07, 6.45) is 3.40. The van der Waals surface area contributed by atoms with E-state index in [1.54, 1.807) is 19.5 Å². The predicted octanol–water partition coefficient (Wildman–Crippen LogP) is 1.41. The SMILES string of the molecule is COc1cncc(C(COC(C)(C)C)NN)c1. The van der Waals surface area contributed by atoms with Crippen LogP contribution in [0.25, 0.3) is 0 Å². The first-order valence-electron chi connectivity index (χ1n) is 5.55. The van der Waals surface area contributed by atoms with Crippen LogP contribution in [0.1, 0.15) is 32.4 Å². The smallest absolute Gasteiger partial charge is 0.137 e. The number of hydrazine groups is 1. The number of hydrogen-bond acceptors (Lipinski definition) is 5. The molecular formula is C12H21N3O2. The maximum Gasteiger partial charge on any atom is 0.137 e. The fraction of sp³-hybridized carbons (Fsp3) is 0.583. The molecule has 0 saturated carbocycles. The maximum atomic E-state index is 5.70. The highest BCUT2D eigenvalue weighted by atomic mass is 16.5. The second-order valence-electron chi connectivity index (χ2n) is 4.80. The largest absolute Gasteiger partial charge is 0.495 e. The van der Waals surface area contributed by atoms with E-state index in [1.807, 2.05) is 26.8 Å². The monoisotopic (exact) mass is 239 g/mol. The van der Waals surface area contributed by atoms with Crippen molar-refractivity contribution in [3.63, 3.8) is 0 Å². The molecule has 5 heteroatoms. The summed E-state index contributed by atoms with van der Waals surface area (Å²) in [7, 11) is 1.61. The molecule has 1 atom stereocenters. The van der Waals surface area contributed by atoms with Gasteiger partial charge in [-0.3, -0.25) is 16.3 Å². The Hall–Kier alpha value is -1.17. The number of hydrogen-bond donors (Lipinski definition) is 2.